The number of thiol groups is 1. The molecule has 3 aliphatic rings. The third kappa shape index (κ3) is 3.83. The zero-order chi connectivity index (χ0) is 16.4. The van der Waals surface area contributed by atoms with Crippen LogP contribution in [0.2, 0.25) is 0 Å². The first-order valence-corrected chi connectivity index (χ1v) is 8.58. The Balaban J connectivity index is 1.50. The summed E-state index contributed by atoms with van der Waals surface area (Å²) in [6, 6.07) is 0. The first-order chi connectivity index (χ1) is 11.0. The summed E-state index contributed by atoms with van der Waals surface area (Å²) in [5.41, 5.74) is 5.66. The standard InChI is InChI=1S/C16H24FN3O2S/c17-15-12(10-22-16(18)21)2-1-3-14(15)19-8-13(9-19)11-4-6-20(23)7-5-11/h1-3,11-13,15,23H,4-10H2,(H2,18,21). The fraction of sp³-hybridized carbons (Fsp3) is 0.688. The minimum Gasteiger partial charge on any atom is -0.449 e. The Morgan fingerprint density at radius 2 is 2.04 bits per heavy atom. The molecule has 0 bridgehead atoms. The van der Waals surface area contributed by atoms with Crippen LogP contribution in [0.1, 0.15) is 12.8 Å². The highest BCUT2D eigenvalue weighted by atomic mass is 32.1. The third-order valence-corrected chi connectivity index (χ3v) is 5.56. The number of rotatable bonds is 4. The van der Waals surface area contributed by atoms with Crippen molar-refractivity contribution in [2.75, 3.05) is 32.8 Å². The van der Waals surface area contributed by atoms with Gasteiger partial charge in [-0.05, 0) is 30.8 Å². The van der Waals surface area contributed by atoms with E-state index < -0.39 is 18.2 Å². The molecule has 2 aliphatic heterocycles. The molecular formula is C16H24FN3O2S. The van der Waals surface area contributed by atoms with Crippen LogP contribution in [0.25, 0.3) is 0 Å². The minimum absolute atomic E-state index is 0.0119. The number of likely N-dealkylation sites (tertiary alicyclic amines) is 1. The smallest absolute Gasteiger partial charge is 0.404 e. The molecule has 0 aromatic rings. The Morgan fingerprint density at radius 1 is 1.35 bits per heavy atom. The van der Waals surface area contributed by atoms with E-state index in [4.69, 9.17) is 10.5 Å². The van der Waals surface area contributed by atoms with E-state index in [1.807, 2.05) is 12.2 Å². The van der Waals surface area contributed by atoms with E-state index in [-0.39, 0.29) is 6.61 Å². The average molecular weight is 341 g/mol. The quantitative estimate of drug-likeness (QED) is 0.768. The number of allylic oxidation sites excluding steroid dienone is 3. The lowest BCUT2D eigenvalue weighted by Crippen LogP contribution is -2.53. The number of amides is 1. The van der Waals surface area contributed by atoms with Crippen LogP contribution in [-0.4, -0.2) is 54.3 Å². The normalized spacial score (nSPS) is 30.0. The van der Waals surface area contributed by atoms with E-state index in [2.05, 4.69) is 22.0 Å². The van der Waals surface area contributed by atoms with Gasteiger partial charge in [0.05, 0.1) is 0 Å². The number of carbonyl (C=O) groups excluding carboxylic acids is 1. The highest BCUT2D eigenvalue weighted by molar-refractivity contribution is 7.77. The van der Waals surface area contributed by atoms with Crippen molar-refractivity contribution in [2.24, 2.45) is 23.5 Å². The summed E-state index contributed by atoms with van der Waals surface area (Å²) in [7, 11) is 0. The van der Waals surface area contributed by atoms with Gasteiger partial charge in [0.1, 0.15) is 12.8 Å². The van der Waals surface area contributed by atoms with Crippen molar-refractivity contribution < 1.29 is 13.9 Å². The van der Waals surface area contributed by atoms with Gasteiger partial charge < -0.3 is 15.4 Å². The van der Waals surface area contributed by atoms with Gasteiger partial charge in [-0.15, -0.1) is 0 Å². The molecule has 0 radical (unpaired) electrons. The molecule has 0 spiro atoms. The van der Waals surface area contributed by atoms with Crippen molar-refractivity contribution >= 4 is 18.9 Å². The van der Waals surface area contributed by atoms with E-state index in [0.29, 0.717) is 11.6 Å². The summed E-state index contributed by atoms with van der Waals surface area (Å²) in [4.78, 5) is 12.8. The number of hydrogen-bond donors (Lipinski definition) is 2. The van der Waals surface area contributed by atoms with Gasteiger partial charge in [0.15, 0.2) is 0 Å². The molecule has 7 heteroatoms. The Labute approximate surface area is 141 Å². The van der Waals surface area contributed by atoms with Crippen molar-refractivity contribution in [3.63, 3.8) is 0 Å². The van der Waals surface area contributed by atoms with Gasteiger partial charge in [0, 0.05) is 37.8 Å². The third-order valence-electron chi connectivity index (χ3n) is 5.16. The Kier molecular flexibility index (Phi) is 5.16. The molecule has 2 atom stereocenters. The summed E-state index contributed by atoms with van der Waals surface area (Å²) >= 11 is 4.39. The maximum atomic E-state index is 14.6. The molecule has 3 rings (SSSR count). The number of nitrogens with zero attached hydrogens (tertiary/aromatic N) is 2. The number of halogens is 1. The lowest BCUT2D eigenvalue weighted by molar-refractivity contribution is 0.0430. The molecular weight excluding hydrogens is 317 g/mol. The highest BCUT2D eigenvalue weighted by Gasteiger charge is 2.39. The van der Waals surface area contributed by atoms with E-state index in [0.717, 1.165) is 32.1 Å². The van der Waals surface area contributed by atoms with Gasteiger partial charge in [-0.2, -0.15) is 0 Å². The zero-order valence-electron chi connectivity index (χ0n) is 13.1. The number of primary amides is 1. The van der Waals surface area contributed by atoms with Crippen LogP contribution >= 0.6 is 12.8 Å². The molecule has 2 N–H and O–H groups in total. The van der Waals surface area contributed by atoms with Crippen molar-refractivity contribution in [3.8, 4) is 0 Å². The molecule has 23 heavy (non-hydrogen) atoms. The molecule has 0 aromatic heterocycles. The number of nitrogens with two attached hydrogens (primary N) is 1. The first-order valence-electron chi connectivity index (χ1n) is 8.18. The highest BCUT2D eigenvalue weighted by Crippen LogP contribution is 2.37. The summed E-state index contributed by atoms with van der Waals surface area (Å²) in [5.74, 6) is 0.923. The van der Waals surface area contributed by atoms with Crippen molar-refractivity contribution in [2.45, 2.75) is 19.0 Å². The Morgan fingerprint density at radius 3 is 2.70 bits per heavy atom. The predicted molar refractivity (Wildman–Crippen MR) is 89.5 cm³/mol. The van der Waals surface area contributed by atoms with Crippen LogP contribution in [0.5, 0.6) is 0 Å². The molecule has 2 heterocycles. The number of hydrogen-bond acceptors (Lipinski definition) is 5. The minimum atomic E-state index is -1.14. The lowest BCUT2D eigenvalue weighted by Gasteiger charge is -2.49. The van der Waals surface area contributed by atoms with Crippen LogP contribution < -0.4 is 5.73 Å². The number of ether oxygens (including phenoxy) is 1. The largest absolute Gasteiger partial charge is 0.449 e. The fourth-order valence-electron chi connectivity index (χ4n) is 3.68. The summed E-state index contributed by atoms with van der Waals surface area (Å²) in [6.45, 7) is 3.89. The topological polar surface area (TPSA) is 58.8 Å². The fourth-order valence-corrected chi connectivity index (χ4v) is 3.91. The predicted octanol–water partition coefficient (Wildman–Crippen LogP) is 1.98. The SMILES string of the molecule is NC(=O)OCC1C=CC=C(N2CC(C3CCN(S)CC3)C2)C1F. The Bertz CT molecular complexity index is 500. The lowest BCUT2D eigenvalue weighted by atomic mass is 9.79. The second-order valence-electron chi connectivity index (χ2n) is 6.63. The molecule has 0 saturated carbocycles. The van der Waals surface area contributed by atoms with Crippen LogP contribution in [-0.2, 0) is 4.74 Å². The van der Waals surface area contributed by atoms with E-state index >= 15 is 0 Å². The van der Waals surface area contributed by atoms with Gasteiger partial charge in [-0.1, -0.05) is 25.0 Å². The van der Waals surface area contributed by atoms with Gasteiger partial charge in [-0.25, -0.2) is 9.18 Å². The summed E-state index contributed by atoms with van der Waals surface area (Å²) in [5, 5.41) is 0. The Hall–Kier alpha value is -1.21. The van der Waals surface area contributed by atoms with Crippen LogP contribution in [0.4, 0.5) is 9.18 Å². The molecule has 2 fully saturated rings. The summed E-state index contributed by atoms with van der Waals surface area (Å²) in [6.07, 6.45) is 5.76. The monoisotopic (exact) mass is 341 g/mol. The van der Waals surface area contributed by atoms with Crippen LogP contribution in [0.3, 0.4) is 0 Å². The van der Waals surface area contributed by atoms with Crippen LogP contribution in [0, 0.1) is 17.8 Å². The number of alkyl halides is 1. The van der Waals surface area contributed by atoms with E-state index in [1.54, 1.807) is 6.08 Å². The molecule has 2 saturated heterocycles. The number of piperidine rings is 1. The van der Waals surface area contributed by atoms with Gasteiger partial charge >= 0.3 is 6.09 Å². The molecule has 2 unspecified atom stereocenters. The average Bonchev–Trinajstić information content (AvgIpc) is 2.48. The number of carbonyl (C=O) groups is 1. The van der Waals surface area contributed by atoms with Crippen LogP contribution in [0.15, 0.2) is 23.9 Å². The molecule has 5 nitrogen and oxygen atoms in total. The second-order valence-corrected chi connectivity index (χ2v) is 7.19. The van der Waals surface area contributed by atoms with Crippen molar-refractivity contribution in [1.82, 2.24) is 9.21 Å². The zero-order valence-corrected chi connectivity index (χ0v) is 14.0. The second kappa shape index (κ2) is 7.13. The maximum Gasteiger partial charge on any atom is 0.404 e. The first kappa shape index (κ1) is 16.6. The molecule has 1 aliphatic carbocycles. The van der Waals surface area contributed by atoms with Gasteiger partial charge in [0.25, 0.3) is 0 Å². The van der Waals surface area contributed by atoms with E-state index in [1.165, 1.54) is 12.8 Å². The van der Waals surface area contributed by atoms with Gasteiger partial charge in [-0.3, -0.25) is 4.31 Å². The van der Waals surface area contributed by atoms with E-state index in [9.17, 15) is 9.18 Å². The summed E-state index contributed by atoms with van der Waals surface area (Å²) < 4.78 is 21.5. The maximum absolute atomic E-state index is 14.6. The molecule has 128 valence electrons. The van der Waals surface area contributed by atoms with Crippen molar-refractivity contribution in [1.29, 1.82) is 0 Å². The van der Waals surface area contributed by atoms with Gasteiger partial charge in [0.2, 0.25) is 0 Å². The molecule has 1 amide bonds. The van der Waals surface area contributed by atoms with Crippen molar-refractivity contribution in [3.05, 3.63) is 23.9 Å². The molecule has 0 aromatic carbocycles.